The molecule has 0 radical (unpaired) electrons. The van der Waals surface area contributed by atoms with Gasteiger partial charge in [0.25, 0.3) is 5.56 Å². The van der Waals surface area contributed by atoms with Crippen LogP contribution in [0.1, 0.15) is 18.2 Å². The summed E-state index contributed by atoms with van der Waals surface area (Å²) in [5, 5.41) is 8.14. The highest BCUT2D eigenvalue weighted by molar-refractivity contribution is 7.19. The van der Waals surface area contributed by atoms with Crippen LogP contribution in [0, 0.1) is 0 Å². The number of rotatable bonds is 6. The largest absolute Gasteiger partial charge is 0.497 e. The third-order valence-corrected chi connectivity index (χ3v) is 7.23. The first kappa shape index (κ1) is 24.0. The molecule has 10 heteroatoms. The molecule has 0 unspecified atom stereocenters. The molecule has 186 valence electrons. The molecule has 1 aliphatic rings. The van der Waals surface area contributed by atoms with Crippen LogP contribution in [-0.2, 0) is 13.0 Å². The van der Waals surface area contributed by atoms with Crippen LogP contribution in [0.2, 0.25) is 0 Å². The highest BCUT2D eigenvalue weighted by Gasteiger charge is 2.22. The maximum absolute atomic E-state index is 12.7. The average Bonchev–Trinajstić information content (AvgIpc) is 3.34. The SMILES string of the molecule is CCc1ccc(NC(=O)N2CCN(Cc3cc(=O)n4nc(-c5cccc(OC)c5)sc4n3)CC2)cc1. The van der Waals surface area contributed by atoms with Gasteiger partial charge in [0.05, 0.1) is 12.8 Å². The molecule has 36 heavy (non-hydrogen) atoms. The van der Waals surface area contributed by atoms with Crippen LogP contribution >= 0.6 is 11.3 Å². The topological polar surface area (TPSA) is 92.1 Å². The van der Waals surface area contributed by atoms with Crippen molar-refractivity contribution < 1.29 is 9.53 Å². The number of hydrogen-bond donors (Lipinski definition) is 1. The summed E-state index contributed by atoms with van der Waals surface area (Å²) < 4.78 is 6.64. The van der Waals surface area contributed by atoms with E-state index < -0.39 is 0 Å². The monoisotopic (exact) mass is 504 g/mol. The predicted molar refractivity (Wildman–Crippen MR) is 141 cm³/mol. The lowest BCUT2D eigenvalue weighted by molar-refractivity contribution is 0.142. The molecule has 2 aromatic carbocycles. The third kappa shape index (κ3) is 5.24. The van der Waals surface area contributed by atoms with Crippen LogP contribution in [0.5, 0.6) is 5.75 Å². The Balaban J connectivity index is 1.22. The Morgan fingerprint density at radius 3 is 2.58 bits per heavy atom. The van der Waals surface area contributed by atoms with E-state index in [1.54, 1.807) is 13.2 Å². The average molecular weight is 505 g/mol. The molecule has 2 aromatic heterocycles. The number of carbonyl (C=O) groups is 1. The summed E-state index contributed by atoms with van der Waals surface area (Å²) in [6.45, 7) is 5.30. The Bertz CT molecular complexity index is 1420. The van der Waals surface area contributed by atoms with Crippen molar-refractivity contribution >= 4 is 28.0 Å². The van der Waals surface area contributed by atoms with Crippen molar-refractivity contribution in [3.8, 4) is 16.3 Å². The fraction of sp³-hybridized carbons (Fsp3) is 0.308. The van der Waals surface area contributed by atoms with Crippen LogP contribution < -0.4 is 15.6 Å². The molecule has 2 amide bonds. The summed E-state index contributed by atoms with van der Waals surface area (Å²) in [5.41, 5.74) is 3.42. The maximum Gasteiger partial charge on any atom is 0.321 e. The van der Waals surface area contributed by atoms with Gasteiger partial charge in [-0.15, -0.1) is 0 Å². The van der Waals surface area contributed by atoms with Crippen molar-refractivity contribution in [2.45, 2.75) is 19.9 Å². The number of amides is 2. The van der Waals surface area contributed by atoms with Gasteiger partial charge in [-0.2, -0.15) is 9.61 Å². The fourth-order valence-electron chi connectivity index (χ4n) is 4.17. The first-order valence-electron chi connectivity index (χ1n) is 11.9. The molecule has 0 atom stereocenters. The Morgan fingerprint density at radius 2 is 1.86 bits per heavy atom. The smallest absolute Gasteiger partial charge is 0.321 e. The molecule has 0 bridgehead atoms. The number of piperazine rings is 1. The van der Waals surface area contributed by atoms with Crippen molar-refractivity contribution in [2.75, 3.05) is 38.6 Å². The van der Waals surface area contributed by atoms with E-state index >= 15 is 0 Å². The molecule has 5 rings (SSSR count). The number of aryl methyl sites for hydroxylation is 1. The molecule has 3 heterocycles. The van der Waals surface area contributed by atoms with Crippen LogP contribution in [0.3, 0.4) is 0 Å². The van der Waals surface area contributed by atoms with E-state index in [-0.39, 0.29) is 11.6 Å². The number of benzene rings is 2. The first-order valence-corrected chi connectivity index (χ1v) is 12.8. The third-order valence-electron chi connectivity index (χ3n) is 6.27. The second kappa shape index (κ2) is 10.5. The minimum Gasteiger partial charge on any atom is -0.497 e. The van der Waals surface area contributed by atoms with Crippen molar-refractivity contribution in [1.29, 1.82) is 0 Å². The molecule has 0 aliphatic carbocycles. The number of aromatic nitrogens is 3. The lowest BCUT2D eigenvalue weighted by Gasteiger charge is -2.34. The Kier molecular flexibility index (Phi) is 6.97. The van der Waals surface area contributed by atoms with Gasteiger partial charge in [0.15, 0.2) is 0 Å². The quantitative estimate of drug-likeness (QED) is 0.430. The molecular weight excluding hydrogens is 476 g/mol. The molecule has 9 nitrogen and oxygen atoms in total. The van der Waals surface area contributed by atoms with Crippen LogP contribution in [0.4, 0.5) is 10.5 Å². The summed E-state index contributed by atoms with van der Waals surface area (Å²) >= 11 is 1.37. The number of nitrogens with one attached hydrogen (secondary N) is 1. The number of urea groups is 1. The van der Waals surface area contributed by atoms with Crippen molar-refractivity contribution in [2.24, 2.45) is 0 Å². The van der Waals surface area contributed by atoms with E-state index in [2.05, 4.69) is 22.2 Å². The minimum absolute atomic E-state index is 0.0913. The van der Waals surface area contributed by atoms with Crippen LogP contribution in [0.15, 0.2) is 59.4 Å². The number of hydrogen-bond acceptors (Lipinski definition) is 7. The summed E-state index contributed by atoms with van der Waals surface area (Å²) in [6, 6.07) is 17.0. The molecular formula is C26H28N6O3S. The summed E-state index contributed by atoms with van der Waals surface area (Å²) in [4.78, 5) is 34.7. The summed E-state index contributed by atoms with van der Waals surface area (Å²) in [6.07, 6.45) is 0.969. The molecule has 1 aliphatic heterocycles. The van der Waals surface area contributed by atoms with Gasteiger partial charge in [-0.3, -0.25) is 9.69 Å². The molecule has 4 aromatic rings. The Morgan fingerprint density at radius 1 is 1.08 bits per heavy atom. The summed E-state index contributed by atoms with van der Waals surface area (Å²) in [5.74, 6) is 0.731. The molecule has 1 N–H and O–H groups in total. The lowest BCUT2D eigenvalue weighted by atomic mass is 10.1. The maximum atomic E-state index is 12.7. The molecule has 0 spiro atoms. The zero-order valence-electron chi connectivity index (χ0n) is 20.3. The molecule has 0 saturated carbocycles. The number of methoxy groups -OCH3 is 1. The standard InChI is InChI=1S/C26H28N6O3S/c1-3-18-7-9-20(10-8-18)27-25(34)31-13-11-30(12-14-31)17-21-16-23(33)32-26(28-21)36-24(29-32)19-5-4-6-22(15-19)35-2/h4-10,15-16H,3,11-14,17H2,1-2H3,(H,27,34). The van der Waals surface area contributed by atoms with Crippen LogP contribution in [0.25, 0.3) is 15.5 Å². The molecule has 1 fully saturated rings. The normalized spacial score (nSPS) is 14.2. The van der Waals surface area contributed by atoms with Crippen LogP contribution in [-0.4, -0.2) is 63.7 Å². The number of nitrogens with zero attached hydrogens (tertiary/aromatic N) is 5. The number of anilines is 1. The van der Waals surface area contributed by atoms with E-state index in [0.717, 1.165) is 23.4 Å². The van der Waals surface area contributed by atoms with Crippen molar-refractivity contribution in [3.05, 3.63) is 76.2 Å². The van der Waals surface area contributed by atoms with Gasteiger partial charge < -0.3 is 15.0 Å². The highest BCUT2D eigenvalue weighted by Crippen LogP contribution is 2.27. The molecule has 1 saturated heterocycles. The van der Waals surface area contributed by atoms with Gasteiger partial charge in [0.2, 0.25) is 4.96 Å². The predicted octanol–water partition coefficient (Wildman–Crippen LogP) is 3.74. The van der Waals surface area contributed by atoms with Gasteiger partial charge in [0.1, 0.15) is 10.8 Å². The second-order valence-electron chi connectivity index (χ2n) is 8.66. The van der Waals surface area contributed by atoms with E-state index in [0.29, 0.717) is 48.4 Å². The minimum atomic E-state index is -0.201. The first-order chi connectivity index (χ1) is 17.5. The Hall–Kier alpha value is -3.76. The zero-order valence-corrected chi connectivity index (χ0v) is 21.1. The zero-order chi connectivity index (χ0) is 25.1. The van der Waals surface area contributed by atoms with Gasteiger partial charge in [-0.25, -0.2) is 9.78 Å². The number of carbonyl (C=O) groups excluding carboxylic acids is 1. The summed E-state index contributed by atoms with van der Waals surface area (Å²) in [7, 11) is 1.62. The number of fused-ring (bicyclic) bond motifs is 1. The second-order valence-corrected chi connectivity index (χ2v) is 9.62. The highest BCUT2D eigenvalue weighted by atomic mass is 32.1. The van der Waals surface area contributed by atoms with E-state index in [9.17, 15) is 9.59 Å². The lowest BCUT2D eigenvalue weighted by Crippen LogP contribution is -2.49. The van der Waals surface area contributed by atoms with E-state index in [1.165, 1.54) is 21.4 Å². The van der Waals surface area contributed by atoms with Gasteiger partial charge in [0, 0.05) is 50.0 Å². The van der Waals surface area contributed by atoms with Crippen molar-refractivity contribution in [3.63, 3.8) is 0 Å². The van der Waals surface area contributed by atoms with E-state index in [4.69, 9.17) is 9.72 Å². The van der Waals surface area contributed by atoms with Gasteiger partial charge in [-0.05, 0) is 36.2 Å². The van der Waals surface area contributed by atoms with Gasteiger partial charge >= 0.3 is 6.03 Å². The number of ether oxygens (including phenoxy) is 1. The van der Waals surface area contributed by atoms with Gasteiger partial charge in [-0.1, -0.05) is 42.5 Å². The van der Waals surface area contributed by atoms with E-state index in [1.807, 2.05) is 53.4 Å². The Labute approximate surface area is 213 Å². The fourth-order valence-corrected chi connectivity index (χ4v) is 5.09. The van der Waals surface area contributed by atoms with Crippen molar-refractivity contribution in [1.82, 2.24) is 24.4 Å².